The highest BCUT2D eigenvalue weighted by atomic mass is 127. The largest absolute Gasteiger partial charge is 0.444 e. The van der Waals surface area contributed by atoms with E-state index < -0.39 is 0 Å². The number of likely N-dealkylation sites (tertiary alicyclic amines) is 1. The highest BCUT2D eigenvalue weighted by molar-refractivity contribution is 14.0. The van der Waals surface area contributed by atoms with Crippen molar-refractivity contribution in [3.05, 3.63) is 41.8 Å². The van der Waals surface area contributed by atoms with Crippen LogP contribution in [0.1, 0.15) is 43.4 Å². The summed E-state index contributed by atoms with van der Waals surface area (Å²) < 4.78 is 5.65. The summed E-state index contributed by atoms with van der Waals surface area (Å²) in [5.41, 5.74) is 3.69. The van der Waals surface area contributed by atoms with Crippen LogP contribution in [0.5, 0.6) is 0 Å². The number of aryl methyl sites for hydroxylation is 1. The molecule has 0 atom stereocenters. The summed E-state index contributed by atoms with van der Waals surface area (Å²) >= 11 is 0. The molecule has 0 bridgehead atoms. The molecule has 1 N–H and O–H groups in total. The van der Waals surface area contributed by atoms with E-state index in [1.807, 2.05) is 19.2 Å². The minimum Gasteiger partial charge on any atom is -0.444 e. The van der Waals surface area contributed by atoms with Gasteiger partial charge in [-0.15, -0.1) is 24.0 Å². The third kappa shape index (κ3) is 4.47. The van der Waals surface area contributed by atoms with Crippen LogP contribution in [0.25, 0.3) is 11.5 Å². The van der Waals surface area contributed by atoms with Gasteiger partial charge < -0.3 is 14.6 Å². The maximum atomic E-state index is 5.65. The van der Waals surface area contributed by atoms with Crippen molar-refractivity contribution in [3.8, 4) is 11.5 Å². The zero-order valence-electron chi connectivity index (χ0n) is 16.2. The molecule has 1 aromatic carbocycles. The zero-order valence-corrected chi connectivity index (χ0v) is 18.5. The molecule has 1 aliphatic heterocycles. The summed E-state index contributed by atoms with van der Waals surface area (Å²) in [6.07, 6.45) is 8.57. The van der Waals surface area contributed by atoms with E-state index in [0.29, 0.717) is 17.9 Å². The highest BCUT2D eigenvalue weighted by Gasteiger charge is 2.41. The summed E-state index contributed by atoms with van der Waals surface area (Å²) in [5, 5.41) is 3.46. The summed E-state index contributed by atoms with van der Waals surface area (Å²) in [5.74, 6) is 1.65. The topological polar surface area (TPSA) is 53.7 Å². The quantitative estimate of drug-likeness (QED) is 0.396. The number of halogens is 1. The number of hydrogen-bond acceptors (Lipinski definition) is 3. The summed E-state index contributed by atoms with van der Waals surface area (Å²) in [6.45, 7) is 4.95. The van der Waals surface area contributed by atoms with Crippen molar-refractivity contribution < 1.29 is 4.42 Å². The number of nitrogens with zero attached hydrogens (tertiary/aromatic N) is 3. The number of nitrogens with one attached hydrogen (secondary N) is 1. The second-order valence-corrected chi connectivity index (χ2v) is 7.79. The number of guanidine groups is 1. The molecule has 1 saturated carbocycles. The molecule has 1 aromatic heterocycles. The van der Waals surface area contributed by atoms with Gasteiger partial charge in [0, 0.05) is 25.7 Å². The molecule has 0 radical (unpaired) electrons. The Morgan fingerprint density at radius 2 is 1.96 bits per heavy atom. The van der Waals surface area contributed by atoms with Gasteiger partial charge in [0.1, 0.15) is 6.26 Å². The van der Waals surface area contributed by atoms with Gasteiger partial charge in [-0.1, -0.05) is 30.5 Å². The number of hydrogen-bond donors (Lipinski definition) is 1. The second kappa shape index (κ2) is 8.63. The average molecular weight is 480 g/mol. The average Bonchev–Trinajstić information content (AvgIpc) is 3.39. The third-order valence-corrected chi connectivity index (χ3v) is 5.89. The van der Waals surface area contributed by atoms with Crippen molar-refractivity contribution in [1.82, 2.24) is 15.2 Å². The third-order valence-electron chi connectivity index (χ3n) is 5.89. The van der Waals surface area contributed by atoms with Crippen LogP contribution >= 0.6 is 24.0 Å². The van der Waals surface area contributed by atoms with Crippen molar-refractivity contribution >= 4 is 29.9 Å². The van der Waals surface area contributed by atoms with Gasteiger partial charge in [-0.05, 0) is 43.7 Å². The Kier molecular flexibility index (Phi) is 6.44. The first kappa shape index (κ1) is 20.2. The predicted molar refractivity (Wildman–Crippen MR) is 119 cm³/mol. The summed E-state index contributed by atoms with van der Waals surface area (Å²) in [6, 6.07) is 8.24. The van der Waals surface area contributed by atoms with E-state index in [-0.39, 0.29) is 24.0 Å². The first-order chi connectivity index (χ1) is 12.7. The SMILES string of the molecule is CN=C(NCc1coc(-c2ccc(C)cc2)n1)N1CCC2(CCCC2)C1.I. The molecule has 27 heavy (non-hydrogen) atoms. The Morgan fingerprint density at radius 1 is 1.22 bits per heavy atom. The zero-order chi connectivity index (χ0) is 18.0. The molecular weight excluding hydrogens is 451 g/mol. The summed E-state index contributed by atoms with van der Waals surface area (Å²) in [4.78, 5) is 11.5. The predicted octanol–water partition coefficient (Wildman–Crippen LogP) is 4.61. The Morgan fingerprint density at radius 3 is 2.67 bits per heavy atom. The number of benzene rings is 1. The van der Waals surface area contributed by atoms with Gasteiger partial charge in [-0.3, -0.25) is 4.99 Å². The molecule has 0 amide bonds. The monoisotopic (exact) mass is 480 g/mol. The van der Waals surface area contributed by atoms with Crippen LogP contribution in [0.4, 0.5) is 0 Å². The first-order valence-electron chi connectivity index (χ1n) is 9.65. The molecule has 2 aliphatic rings. The van der Waals surface area contributed by atoms with Crippen LogP contribution in [0.3, 0.4) is 0 Å². The minimum atomic E-state index is 0. The van der Waals surface area contributed by atoms with Gasteiger partial charge >= 0.3 is 0 Å². The van der Waals surface area contributed by atoms with Gasteiger partial charge in [0.2, 0.25) is 5.89 Å². The lowest BCUT2D eigenvalue weighted by Gasteiger charge is -2.25. The van der Waals surface area contributed by atoms with Crippen LogP contribution in [0, 0.1) is 12.3 Å². The van der Waals surface area contributed by atoms with E-state index in [1.54, 1.807) is 6.26 Å². The van der Waals surface area contributed by atoms with E-state index in [1.165, 1.54) is 37.7 Å². The molecular formula is C21H29IN4O. The maximum Gasteiger partial charge on any atom is 0.226 e. The Hall–Kier alpha value is -1.57. The second-order valence-electron chi connectivity index (χ2n) is 7.79. The molecule has 2 heterocycles. The van der Waals surface area contributed by atoms with Crippen LogP contribution < -0.4 is 5.32 Å². The Labute approximate surface area is 178 Å². The molecule has 1 spiro atoms. The van der Waals surface area contributed by atoms with Crippen molar-refractivity contribution in [1.29, 1.82) is 0 Å². The van der Waals surface area contributed by atoms with E-state index in [0.717, 1.165) is 30.3 Å². The van der Waals surface area contributed by atoms with Crippen LogP contribution in [-0.2, 0) is 6.54 Å². The summed E-state index contributed by atoms with van der Waals surface area (Å²) in [7, 11) is 1.86. The number of rotatable bonds is 3. The maximum absolute atomic E-state index is 5.65. The molecule has 1 saturated heterocycles. The molecule has 0 unspecified atom stereocenters. The number of aliphatic imine (C=N–C) groups is 1. The van der Waals surface area contributed by atoms with E-state index in [9.17, 15) is 0 Å². The fourth-order valence-corrected chi connectivity index (χ4v) is 4.37. The molecule has 2 aromatic rings. The Bertz CT molecular complexity index is 778. The number of oxazole rings is 1. The highest BCUT2D eigenvalue weighted by Crippen LogP contribution is 2.45. The molecule has 1 aliphatic carbocycles. The van der Waals surface area contributed by atoms with Gasteiger partial charge in [-0.2, -0.15) is 0 Å². The number of aromatic nitrogens is 1. The van der Waals surface area contributed by atoms with Gasteiger partial charge in [-0.25, -0.2) is 4.98 Å². The lowest BCUT2D eigenvalue weighted by molar-refractivity contribution is 0.309. The van der Waals surface area contributed by atoms with E-state index in [4.69, 9.17) is 4.42 Å². The smallest absolute Gasteiger partial charge is 0.226 e. The molecule has 2 fully saturated rings. The van der Waals surface area contributed by atoms with Crippen molar-refractivity contribution in [2.75, 3.05) is 20.1 Å². The lowest BCUT2D eigenvalue weighted by atomic mass is 9.86. The van der Waals surface area contributed by atoms with E-state index >= 15 is 0 Å². The van der Waals surface area contributed by atoms with Crippen molar-refractivity contribution in [2.24, 2.45) is 10.4 Å². The van der Waals surface area contributed by atoms with Gasteiger partial charge in [0.05, 0.1) is 12.2 Å². The molecule has 146 valence electrons. The minimum absolute atomic E-state index is 0. The Balaban J connectivity index is 0.00000210. The van der Waals surface area contributed by atoms with Gasteiger partial charge in [0.25, 0.3) is 0 Å². The van der Waals surface area contributed by atoms with Crippen LogP contribution in [0.15, 0.2) is 39.9 Å². The molecule has 4 rings (SSSR count). The standard InChI is InChI=1S/C21H28N4O.HI/c1-16-5-7-17(8-6-16)19-24-18(14-26-19)13-23-20(22-2)25-12-11-21(15-25)9-3-4-10-21;/h5-8,14H,3-4,9-13,15H2,1-2H3,(H,22,23);1H. The van der Waals surface area contributed by atoms with E-state index in [2.05, 4.69) is 39.2 Å². The van der Waals surface area contributed by atoms with Crippen molar-refractivity contribution in [3.63, 3.8) is 0 Å². The molecule has 6 heteroatoms. The first-order valence-corrected chi connectivity index (χ1v) is 9.65. The molecule has 5 nitrogen and oxygen atoms in total. The fourth-order valence-electron chi connectivity index (χ4n) is 4.37. The van der Waals surface area contributed by atoms with Crippen LogP contribution in [-0.4, -0.2) is 36.0 Å². The lowest BCUT2D eigenvalue weighted by Crippen LogP contribution is -2.40. The van der Waals surface area contributed by atoms with Gasteiger partial charge in [0.15, 0.2) is 5.96 Å². The normalized spacial score (nSPS) is 18.7. The van der Waals surface area contributed by atoms with Crippen molar-refractivity contribution in [2.45, 2.75) is 45.6 Å². The van der Waals surface area contributed by atoms with Crippen LogP contribution in [0.2, 0.25) is 0 Å². The fraction of sp³-hybridized carbons (Fsp3) is 0.524.